The molecule has 0 heterocycles. The summed E-state index contributed by atoms with van der Waals surface area (Å²) < 4.78 is 14.2. The molecule has 0 aromatic heterocycles. The van der Waals surface area contributed by atoms with Gasteiger partial charge in [0.15, 0.2) is 0 Å². The molecule has 1 amide bonds. The van der Waals surface area contributed by atoms with Crippen LogP contribution in [0.4, 0.5) is 4.39 Å². The average molecular weight is 343 g/mol. The van der Waals surface area contributed by atoms with Crippen LogP contribution < -0.4 is 5.32 Å². The van der Waals surface area contributed by atoms with E-state index in [9.17, 15) is 9.18 Å². The van der Waals surface area contributed by atoms with Crippen LogP contribution in [0.15, 0.2) is 46.9 Å². The maximum atomic E-state index is 13.5. The SMILES string of the molecule is O=C(NCc1ccccc1Cl)c1cc(Br)ccc1F. The lowest BCUT2D eigenvalue weighted by atomic mass is 10.2. The molecule has 2 rings (SSSR count). The van der Waals surface area contributed by atoms with Gasteiger partial charge in [-0.05, 0) is 29.8 Å². The molecule has 1 N–H and O–H groups in total. The van der Waals surface area contributed by atoms with Crippen molar-refractivity contribution >= 4 is 33.4 Å². The van der Waals surface area contributed by atoms with Gasteiger partial charge in [-0.15, -0.1) is 0 Å². The van der Waals surface area contributed by atoms with Crippen molar-refractivity contribution in [2.24, 2.45) is 0 Å². The van der Waals surface area contributed by atoms with Crippen LogP contribution in [-0.4, -0.2) is 5.91 Å². The van der Waals surface area contributed by atoms with Crippen LogP contribution in [-0.2, 0) is 6.54 Å². The summed E-state index contributed by atoms with van der Waals surface area (Å²) >= 11 is 9.18. The Morgan fingerprint density at radius 3 is 2.74 bits per heavy atom. The van der Waals surface area contributed by atoms with Gasteiger partial charge in [-0.1, -0.05) is 45.7 Å². The van der Waals surface area contributed by atoms with Crippen molar-refractivity contribution in [3.8, 4) is 0 Å². The van der Waals surface area contributed by atoms with Gasteiger partial charge in [0.1, 0.15) is 5.82 Å². The van der Waals surface area contributed by atoms with Gasteiger partial charge in [-0.25, -0.2) is 4.39 Å². The minimum atomic E-state index is -0.556. The number of carbonyl (C=O) groups is 1. The minimum absolute atomic E-state index is 0.00132. The maximum Gasteiger partial charge on any atom is 0.254 e. The zero-order valence-corrected chi connectivity index (χ0v) is 12.1. The van der Waals surface area contributed by atoms with Crippen LogP contribution in [0.2, 0.25) is 5.02 Å². The van der Waals surface area contributed by atoms with Crippen molar-refractivity contribution in [2.75, 3.05) is 0 Å². The van der Waals surface area contributed by atoms with E-state index in [4.69, 9.17) is 11.6 Å². The number of benzene rings is 2. The molecule has 2 nitrogen and oxygen atoms in total. The van der Waals surface area contributed by atoms with Gasteiger partial charge in [0, 0.05) is 16.0 Å². The second-order valence-corrected chi connectivity index (χ2v) is 5.22. The third-order valence-electron chi connectivity index (χ3n) is 2.57. The second-order valence-electron chi connectivity index (χ2n) is 3.90. The highest BCUT2D eigenvalue weighted by Crippen LogP contribution is 2.17. The summed E-state index contributed by atoms with van der Waals surface area (Å²) in [5.74, 6) is -1.03. The van der Waals surface area contributed by atoms with Crippen molar-refractivity contribution in [1.82, 2.24) is 5.32 Å². The van der Waals surface area contributed by atoms with E-state index in [1.165, 1.54) is 12.1 Å². The molecule has 2 aromatic rings. The van der Waals surface area contributed by atoms with Gasteiger partial charge < -0.3 is 5.32 Å². The zero-order chi connectivity index (χ0) is 13.8. The molecule has 0 atom stereocenters. The summed E-state index contributed by atoms with van der Waals surface area (Å²) in [4.78, 5) is 11.9. The van der Waals surface area contributed by atoms with Crippen LogP contribution in [0.25, 0.3) is 0 Å². The molecule has 98 valence electrons. The molecular weight excluding hydrogens is 333 g/mol. The Morgan fingerprint density at radius 1 is 1.26 bits per heavy atom. The number of hydrogen-bond donors (Lipinski definition) is 1. The van der Waals surface area contributed by atoms with E-state index in [0.29, 0.717) is 9.50 Å². The second kappa shape index (κ2) is 6.17. The number of amides is 1. The molecule has 0 saturated heterocycles. The standard InChI is InChI=1S/C14H10BrClFNO/c15-10-5-6-13(17)11(7-10)14(19)18-8-9-3-1-2-4-12(9)16/h1-7H,8H2,(H,18,19). The molecule has 2 aromatic carbocycles. The van der Waals surface area contributed by atoms with E-state index in [-0.39, 0.29) is 12.1 Å². The first kappa shape index (κ1) is 14.0. The molecule has 0 saturated carbocycles. The molecule has 0 fully saturated rings. The Bertz CT molecular complexity index is 618. The van der Waals surface area contributed by atoms with Crippen LogP contribution in [0, 0.1) is 5.82 Å². The van der Waals surface area contributed by atoms with E-state index >= 15 is 0 Å². The number of halogens is 3. The van der Waals surface area contributed by atoms with Gasteiger partial charge in [-0.2, -0.15) is 0 Å². The molecule has 0 radical (unpaired) electrons. The first-order valence-corrected chi connectivity index (χ1v) is 6.71. The molecule has 19 heavy (non-hydrogen) atoms. The largest absolute Gasteiger partial charge is 0.348 e. The van der Waals surface area contributed by atoms with Gasteiger partial charge in [-0.3, -0.25) is 4.79 Å². The van der Waals surface area contributed by atoms with Crippen molar-refractivity contribution in [3.63, 3.8) is 0 Å². The average Bonchev–Trinajstić information content (AvgIpc) is 2.40. The first-order valence-electron chi connectivity index (χ1n) is 5.54. The zero-order valence-electron chi connectivity index (χ0n) is 9.79. The minimum Gasteiger partial charge on any atom is -0.348 e. The van der Waals surface area contributed by atoms with E-state index in [0.717, 1.165) is 5.56 Å². The van der Waals surface area contributed by atoms with E-state index in [1.807, 2.05) is 12.1 Å². The fourth-order valence-corrected chi connectivity index (χ4v) is 2.15. The van der Waals surface area contributed by atoms with Gasteiger partial charge >= 0.3 is 0 Å². The summed E-state index contributed by atoms with van der Waals surface area (Å²) in [6, 6.07) is 11.4. The van der Waals surface area contributed by atoms with Gasteiger partial charge in [0.2, 0.25) is 0 Å². The highest BCUT2D eigenvalue weighted by atomic mass is 79.9. The monoisotopic (exact) mass is 341 g/mol. The number of hydrogen-bond acceptors (Lipinski definition) is 1. The molecule has 5 heteroatoms. The van der Waals surface area contributed by atoms with Gasteiger partial charge in [0.25, 0.3) is 5.91 Å². The Hall–Kier alpha value is -1.39. The molecule has 0 unspecified atom stereocenters. The molecule has 0 aliphatic heterocycles. The van der Waals surface area contributed by atoms with Crippen molar-refractivity contribution < 1.29 is 9.18 Å². The third kappa shape index (κ3) is 3.55. The topological polar surface area (TPSA) is 29.1 Å². The summed E-state index contributed by atoms with van der Waals surface area (Å²) in [6.45, 7) is 0.254. The van der Waals surface area contributed by atoms with Crippen LogP contribution in [0.1, 0.15) is 15.9 Å². The van der Waals surface area contributed by atoms with Crippen LogP contribution in [0.5, 0.6) is 0 Å². The van der Waals surface area contributed by atoms with Crippen molar-refractivity contribution in [2.45, 2.75) is 6.54 Å². The predicted molar refractivity (Wildman–Crippen MR) is 76.7 cm³/mol. The molecule has 0 bridgehead atoms. The van der Waals surface area contributed by atoms with E-state index < -0.39 is 11.7 Å². The molecule has 0 aliphatic rings. The summed E-state index contributed by atoms with van der Waals surface area (Å²) in [5, 5.41) is 3.21. The van der Waals surface area contributed by atoms with Crippen LogP contribution >= 0.6 is 27.5 Å². The number of nitrogens with one attached hydrogen (secondary N) is 1. The highest BCUT2D eigenvalue weighted by Gasteiger charge is 2.12. The number of carbonyl (C=O) groups excluding carboxylic acids is 1. The smallest absolute Gasteiger partial charge is 0.254 e. The van der Waals surface area contributed by atoms with Crippen molar-refractivity contribution in [3.05, 3.63) is 68.9 Å². The quantitative estimate of drug-likeness (QED) is 0.891. The molecule has 0 aliphatic carbocycles. The third-order valence-corrected chi connectivity index (χ3v) is 3.43. The molecular formula is C14H10BrClFNO. The lowest BCUT2D eigenvalue weighted by molar-refractivity contribution is 0.0947. The van der Waals surface area contributed by atoms with E-state index in [2.05, 4.69) is 21.2 Å². The van der Waals surface area contributed by atoms with Crippen LogP contribution in [0.3, 0.4) is 0 Å². The summed E-state index contributed by atoms with van der Waals surface area (Å²) in [6.07, 6.45) is 0. The fourth-order valence-electron chi connectivity index (χ4n) is 1.58. The Kier molecular flexibility index (Phi) is 4.56. The normalized spacial score (nSPS) is 10.3. The maximum absolute atomic E-state index is 13.5. The highest BCUT2D eigenvalue weighted by molar-refractivity contribution is 9.10. The van der Waals surface area contributed by atoms with E-state index in [1.54, 1.807) is 18.2 Å². The Morgan fingerprint density at radius 2 is 2.00 bits per heavy atom. The van der Waals surface area contributed by atoms with Crippen molar-refractivity contribution in [1.29, 1.82) is 0 Å². The lowest BCUT2D eigenvalue weighted by Crippen LogP contribution is -2.24. The fraction of sp³-hybridized carbons (Fsp3) is 0.0714. The predicted octanol–water partition coefficient (Wildman–Crippen LogP) is 4.17. The number of rotatable bonds is 3. The van der Waals surface area contributed by atoms with Gasteiger partial charge in [0.05, 0.1) is 5.56 Å². The first-order chi connectivity index (χ1) is 9.08. The Balaban J connectivity index is 2.10. The summed E-state index contributed by atoms with van der Waals surface area (Å²) in [7, 11) is 0. The Labute approximate surface area is 123 Å². The molecule has 0 spiro atoms. The summed E-state index contributed by atoms with van der Waals surface area (Å²) in [5.41, 5.74) is 0.786. The lowest BCUT2D eigenvalue weighted by Gasteiger charge is -2.08.